The van der Waals surface area contributed by atoms with E-state index in [1.54, 1.807) is 18.6 Å². The van der Waals surface area contributed by atoms with Crippen LogP contribution in [0.1, 0.15) is 16.1 Å². The number of thiophene rings is 1. The van der Waals surface area contributed by atoms with Crippen molar-refractivity contribution in [2.75, 3.05) is 20.3 Å². The molecule has 16 heavy (non-hydrogen) atoms. The summed E-state index contributed by atoms with van der Waals surface area (Å²) in [7, 11) is 1.56. The summed E-state index contributed by atoms with van der Waals surface area (Å²) in [6.45, 7) is 0.419. The van der Waals surface area contributed by atoms with Crippen LogP contribution in [0, 0.1) is 0 Å². The lowest BCUT2D eigenvalue weighted by atomic mass is 10.2. The third-order valence-corrected chi connectivity index (χ3v) is 3.35. The van der Waals surface area contributed by atoms with Crippen molar-refractivity contribution in [2.45, 2.75) is 17.4 Å². The predicted molar refractivity (Wildman–Crippen MR) is 66.4 cm³/mol. The van der Waals surface area contributed by atoms with Crippen molar-refractivity contribution >= 4 is 29.9 Å². The molecule has 1 rings (SSSR count). The van der Waals surface area contributed by atoms with Crippen LogP contribution < -0.4 is 5.32 Å². The van der Waals surface area contributed by atoms with Crippen molar-refractivity contribution in [3.63, 3.8) is 0 Å². The number of hydrogen-bond acceptors (Lipinski definition) is 5. The van der Waals surface area contributed by atoms with E-state index in [-0.39, 0.29) is 18.6 Å². The molecule has 0 bridgehead atoms. The Morgan fingerprint density at radius 3 is 3.00 bits per heavy atom. The zero-order valence-electron chi connectivity index (χ0n) is 8.97. The maximum Gasteiger partial charge on any atom is 0.261 e. The average molecular weight is 261 g/mol. The number of thiol groups is 1. The van der Waals surface area contributed by atoms with E-state index < -0.39 is 0 Å². The first-order chi connectivity index (χ1) is 7.67. The zero-order valence-corrected chi connectivity index (χ0v) is 10.7. The number of hydrogen-bond donors (Lipinski definition) is 3. The number of carbonyl (C=O) groups excluding carboxylic acids is 1. The summed E-state index contributed by atoms with van der Waals surface area (Å²) >= 11 is 5.48. The molecule has 0 aliphatic heterocycles. The van der Waals surface area contributed by atoms with Crippen LogP contribution in [0.2, 0.25) is 0 Å². The van der Waals surface area contributed by atoms with E-state index in [0.717, 1.165) is 4.90 Å². The third-order valence-electron chi connectivity index (χ3n) is 1.99. The fourth-order valence-electron chi connectivity index (χ4n) is 1.26. The van der Waals surface area contributed by atoms with E-state index in [2.05, 4.69) is 17.9 Å². The van der Waals surface area contributed by atoms with Gasteiger partial charge in [0.2, 0.25) is 0 Å². The molecule has 0 aliphatic rings. The highest BCUT2D eigenvalue weighted by Crippen LogP contribution is 2.17. The largest absolute Gasteiger partial charge is 0.396 e. The molecule has 0 saturated heterocycles. The van der Waals surface area contributed by atoms with Crippen LogP contribution in [0.3, 0.4) is 0 Å². The minimum absolute atomic E-state index is 0.0244. The minimum atomic E-state index is -0.159. The second kappa shape index (κ2) is 6.90. The van der Waals surface area contributed by atoms with Crippen molar-refractivity contribution in [1.29, 1.82) is 0 Å². The number of methoxy groups -OCH3 is 1. The summed E-state index contributed by atoms with van der Waals surface area (Å²) in [6.07, 6.45) is 0.485. The van der Waals surface area contributed by atoms with Crippen LogP contribution in [0.5, 0.6) is 0 Å². The van der Waals surface area contributed by atoms with Gasteiger partial charge >= 0.3 is 0 Å². The summed E-state index contributed by atoms with van der Waals surface area (Å²) in [6, 6.07) is 1.55. The lowest BCUT2D eigenvalue weighted by molar-refractivity contribution is 0.0882. The Morgan fingerprint density at radius 2 is 2.50 bits per heavy atom. The van der Waals surface area contributed by atoms with Gasteiger partial charge in [-0.3, -0.25) is 4.79 Å². The second-order valence-corrected chi connectivity index (χ2v) is 4.73. The molecule has 6 heteroatoms. The van der Waals surface area contributed by atoms with Crippen LogP contribution in [0.15, 0.2) is 16.3 Å². The highest BCUT2D eigenvalue weighted by Gasteiger charge is 2.14. The fourth-order valence-corrected chi connectivity index (χ4v) is 2.31. The molecule has 2 N–H and O–H groups in total. The van der Waals surface area contributed by atoms with Gasteiger partial charge in [0.1, 0.15) is 0 Å². The summed E-state index contributed by atoms with van der Waals surface area (Å²) in [4.78, 5) is 13.1. The summed E-state index contributed by atoms with van der Waals surface area (Å²) in [5.41, 5.74) is 0. The molecule has 0 aromatic carbocycles. The number of nitrogens with one attached hydrogen (secondary N) is 1. The van der Waals surface area contributed by atoms with Gasteiger partial charge in [0.05, 0.1) is 17.5 Å². The molecule has 0 aliphatic carbocycles. The van der Waals surface area contributed by atoms with Gasteiger partial charge in [-0.25, -0.2) is 0 Å². The van der Waals surface area contributed by atoms with Crippen LogP contribution in [0.25, 0.3) is 0 Å². The van der Waals surface area contributed by atoms with Gasteiger partial charge in [0.25, 0.3) is 5.91 Å². The van der Waals surface area contributed by atoms with E-state index in [1.165, 1.54) is 11.3 Å². The molecule has 0 radical (unpaired) electrons. The van der Waals surface area contributed by atoms with E-state index in [1.807, 2.05) is 0 Å². The lowest BCUT2D eigenvalue weighted by Gasteiger charge is -2.15. The Balaban J connectivity index is 2.54. The van der Waals surface area contributed by atoms with E-state index in [0.29, 0.717) is 17.9 Å². The molecule has 1 heterocycles. The first kappa shape index (κ1) is 13.5. The lowest BCUT2D eigenvalue weighted by Crippen LogP contribution is -2.38. The Hall–Kier alpha value is -0.560. The average Bonchev–Trinajstić information content (AvgIpc) is 2.65. The van der Waals surface area contributed by atoms with Gasteiger partial charge < -0.3 is 15.2 Å². The smallest absolute Gasteiger partial charge is 0.261 e. The van der Waals surface area contributed by atoms with Crippen LogP contribution in [0.4, 0.5) is 0 Å². The molecule has 0 saturated carbocycles. The zero-order chi connectivity index (χ0) is 12.0. The van der Waals surface area contributed by atoms with E-state index in [9.17, 15) is 4.79 Å². The van der Waals surface area contributed by atoms with Crippen LogP contribution >= 0.6 is 24.0 Å². The number of aliphatic hydroxyl groups is 1. The second-order valence-electron chi connectivity index (χ2n) is 3.31. The Kier molecular flexibility index (Phi) is 5.83. The molecule has 0 spiro atoms. The number of rotatable bonds is 6. The monoisotopic (exact) mass is 261 g/mol. The SMILES string of the molecule is COCC(CCO)NC(=O)c1cc(S)cs1. The Morgan fingerprint density at radius 1 is 1.75 bits per heavy atom. The molecule has 4 nitrogen and oxygen atoms in total. The van der Waals surface area contributed by atoms with Gasteiger partial charge in [0, 0.05) is 24.0 Å². The van der Waals surface area contributed by atoms with Gasteiger partial charge in [-0.15, -0.1) is 24.0 Å². The van der Waals surface area contributed by atoms with Crippen molar-refractivity contribution in [3.8, 4) is 0 Å². The first-order valence-corrected chi connectivity index (χ1v) is 6.18. The highest BCUT2D eigenvalue weighted by atomic mass is 32.1. The highest BCUT2D eigenvalue weighted by molar-refractivity contribution is 7.80. The summed E-state index contributed by atoms with van der Waals surface area (Å²) in [5.74, 6) is -0.152. The fraction of sp³-hybridized carbons (Fsp3) is 0.500. The molecule has 1 aromatic heterocycles. The molecule has 90 valence electrons. The number of aliphatic hydroxyl groups excluding tert-OH is 1. The number of ether oxygens (including phenoxy) is 1. The molecular formula is C10H15NO3S2. The number of carbonyl (C=O) groups is 1. The Labute approximate surface area is 104 Å². The maximum absolute atomic E-state index is 11.7. The topological polar surface area (TPSA) is 58.6 Å². The molecule has 1 atom stereocenters. The van der Waals surface area contributed by atoms with Crippen LogP contribution in [-0.4, -0.2) is 37.4 Å². The van der Waals surface area contributed by atoms with E-state index in [4.69, 9.17) is 9.84 Å². The Bertz CT molecular complexity index is 335. The van der Waals surface area contributed by atoms with Gasteiger partial charge in [0.15, 0.2) is 0 Å². The first-order valence-electron chi connectivity index (χ1n) is 4.85. The van der Waals surface area contributed by atoms with Gasteiger partial charge in [-0.05, 0) is 12.5 Å². The van der Waals surface area contributed by atoms with Gasteiger partial charge in [-0.2, -0.15) is 0 Å². The normalized spacial score (nSPS) is 12.4. The molecule has 1 unspecified atom stereocenters. The standard InChI is InChI=1S/C10H15NO3S2/c1-14-5-7(2-3-12)11-10(13)9-4-8(15)6-16-9/h4,6-7,12,15H,2-3,5H2,1H3,(H,11,13). The molecule has 1 aromatic rings. The van der Waals surface area contributed by atoms with Gasteiger partial charge in [-0.1, -0.05) is 0 Å². The summed E-state index contributed by atoms with van der Waals surface area (Å²) < 4.78 is 4.96. The molecular weight excluding hydrogens is 246 g/mol. The summed E-state index contributed by atoms with van der Waals surface area (Å²) in [5, 5.41) is 13.4. The van der Waals surface area contributed by atoms with Crippen molar-refractivity contribution in [3.05, 3.63) is 16.3 Å². The van der Waals surface area contributed by atoms with Crippen LogP contribution in [-0.2, 0) is 4.74 Å². The number of amides is 1. The molecule has 1 amide bonds. The van der Waals surface area contributed by atoms with Crippen molar-refractivity contribution in [2.24, 2.45) is 0 Å². The maximum atomic E-state index is 11.7. The quantitative estimate of drug-likeness (QED) is 0.674. The predicted octanol–water partition coefficient (Wildman–Crippen LogP) is 1.16. The molecule has 0 fully saturated rings. The van der Waals surface area contributed by atoms with Crippen molar-refractivity contribution in [1.82, 2.24) is 5.32 Å². The minimum Gasteiger partial charge on any atom is -0.396 e. The van der Waals surface area contributed by atoms with Crippen molar-refractivity contribution < 1.29 is 14.6 Å². The van der Waals surface area contributed by atoms with E-state index >= 15 is 0 Å². The third kappa shape index (κ3) is 4.13.